The molecule has 0 aromatic carbocycles. The molecular formula is C10H16N2. The van der Waals surface area contributed by atoms with Gasteiger partial charge in [-0.15, -0.1) is 0 Å². The Balaban J connectivity index is 2.03. The van der Waals surface area contributed by atoms with Crippen LogP contribution in [0.2, 0.25) is 0 Å². The summed E-state index contributed by atoms with van der Waals surface area (Å²) in [5.74, 6) is 0.738. The predicted molar refractivity (Wildman–Crippen MR) is 49.0 cm³/mol. The van der Waals surface area contributed by atoms with Crippen molar-refractivity contribution in [3.8, 4) is 0 Å². The fourth-order valence-corrected chi connectivity index (χ4v) is 1.49. The van der Waals surface area contributed by atoms with Crippen LogP contribution in [-0.2, 0) is 6.42 Å². The number of nitrogens with zero attached hydrogens (tertiary/aromatic N) is 2. The fourth-order valence-electron chi connectivity index (χ4n) is 1.49. The third-order valence-electron chi connectivity index (χ3n) is 2.22. The summed E-state index contributed by atoms with van der Waals surface area (Å²) in [5.41, 5.74) is 1.39. The van der Waals surface area contributed by atoms with Crippen LogP contribution < -0.4 is 0 Å². The Morgan fingerprint density at radius 1 is 1.58 bits per heavy atom. The van der Waals surface area contributed by atoms with E-state index in [0.29, 0.717) is 0 Å². The highest BCUT2D eigenvalue weighted by Gasteiger charge is 2.24. The molecule has 0 N–H and O–H groups in total. The fraction of sp³-hybridized carbons (Fsp3) is 0.700. The molecule has 0 amide bonds. The first-order valence-corrected chi connectivity index (χ1v) is 4.78. The van der Waals surface area contributed by atoms with Crippen LogP contribution in [0.3, 0.4) is 0 Å². The summed E-state index contributed by atoms with van der Waals surface area (Å²) in [7, 11) is 0. The summed E-state index contributed by atoms with van der Waals surface area (Å²) in [5, 5.41) is 4.35. The maximum Gasteiger partial charge on any atom is 0.0521 e. The third kappa shape index (κ3) is 1.68. The summed E-state index contributed by atoms with van der Waals surface area (Å²) >= 11 is 0. The highest BCUT2D eigenvalue weighted by Crippen LogP contribution is 2.34. The molecule has 0 atom stereocenters. The molecular weight excluding hydrogens is 148 g/mol. The van der Waals surface area contributed by atoms with Crippen LogP contribution >= 0.6 is 0 Å². The van der Waals surface area contributed by atoms with E-state index in [2.05, 4.69) is 29.8 Å². The Bertz CT molecular complexity index is 259. The summed E-state index contributed by atoms with van der Waals surface area (Å²) in [6.07, 6.45) is 8.02. The first-order chi connectivity index (χ1) is 5.75. The van der Waals surface area contributed by atoms with Gasteiger partial charge in [0.15, 0.2) is 0 Å². The molecule has 0 bridgehead atoms. The predicted octanol–water partition coefficient (Wildman–Crippen LogP) is 2.42. The molecule has 1 aromatic rings. The van der Waals surface area contributed by atoms with Crippen molar-refractivity contribution in [1.82, 2.24) is 9.78 Å². The maximum absolute atomic E-state index is 4.35. The molecule has 0 aliphatic heterocycles. The second-order valence-electron chi connectivity index (χ2n) is 4.16. The number of aromatic nitrogens is 2. The summed E-state index contributed by atoms with van der Waals surface area (Å²) < 4.78 is 2.12. The van der Waals surface area contributed by atoms with Crippen molar-refractivity contribution in [1.29, 1.82) is 0 Å². The van der Waals surface area contributed by atoms with Gasteiger partial charge in [-0.3, -0.25) is 4.68 Å². The maximum atomic E-state index is 4.35. The molecule has 2 rings (SSSR count). The van der Waals surface area contributed by atoms with Crippen LogP contribution in [0.5, 0.6) is 0 Å². The first-order valence-electron chi connectivity index (χ1n) is 4.78. The average Bonchev–Trinajstić information content (AvgIpc) is 2.73. The second-order valence-corrected chi connectivity index (χ2v) is 4.16. The number of rotatable bonds is 3. The summed E-state index contributed by atoms with van der Waals surface area (Å²) in [6, 6.07) is 0.728. The van der Waals surface area contributed by atoms with E-state index in [1.807, 2.05) is 6.20 Å². The number of hydrogen-bond donors (Lipinski definition) is 0. The van der Waals surface area contributed by atoms with Gasteiger partial charge in [0.25, 0.3) is 0 Å². The molecule has 1 aliphatic carbocycles. The van der Waals surface area contributed by atoms with Gasteiger partial charge in [0.05, 0.1) is 12.2 Å². The molecule has 1 aliphatic rings. The zero-order chi connectivity index (χ0) is 8.55. The molecule has 0 unspecified atom stereocenters. The van der Waals surface area contributed by atoms with E-state index < -0.39 is 0 Å². The van der Waals surface area contributed by atoms with Crippen LogP contribution in [0.15, 0.2) is 12.4 Å². The third-order valence-corrected chi connectivity index (χ3v) is 2.22. The van der Waals surface area contributed by atoms with Crippen molar-refractivity contribution in [3.63, 3.8) is 0 Å². The quantitative estimate of drug-likeness (QED) is 0.670. The van der Waals surface area contributed by atoms with Gasteiger partial charge in [-0.25, -0.2) is 0 Å². The normalized spacial score (nSPS) is 17.2. The molecule has 66 valence electrons. The topological polar surface area (TPSA) is 17.8 Å². The van der Waals surface area contributed by atoms with E-state index in [9.17, 15) is 0 Å². The van der Waals surface area contributed by atoms with Gasteiger partial charge in [0, 0.05) is 6.20 Å². The molecule has 1 heterocycles. The Labute approximate surface area is 73.6 Å². The van der Waals surface area contributed by atoms with Crippen molar-refractivity contribution < 1.29 is 0 Å². The molecule has 2 heteroatoms. The zero-order valence-corrected chi connectivity index (χ0v) is 7.83. The molecule has 0 radical (unpaired) electrons. The SMILES string of the molecule is CC(C)Cc1cnn(C2CC2)c1. The highest BCUT2D eigenvalue weighted by molar-refractivity contribution is 5.06. The average molecular weight is 164 g/mol. The van der Waals surface area contributed by atoms with Crippen LogP contribution in [0, 0.1) is 5.92 Å². The van der Waals surface area contributed by atoms with Gasteiger partial charge in [-0.2, -0.15) is 5.10 Å². The summed E-state index contributed by atoms with van der Waals surface area (Å²) in [6.45, 7) is 4.49. The first kappa shape index (κ1) is 7.84. The summed E-state index contributed by atoms with van der Waals surface area (Å²) in [4.78, 5) is 0. The van der Waals surface area contributed by atoms with Crippen LogP contribution in [0.1, 0.15) is 38.3 Å². The minimum absolute atomic E-state index is 0.728. The smallest absolute Gasteiger partial charge is 0.0521 e. The van der Waals surface area contributed by atoms with Gasteiger partial charge in [-0.05, 0) is 30.7 Å². The van der Waals surface area contributed by atoms with Crippen molar-refractivity contribution in [2.45, 2.75) is 39.2 Å². The highest BCUT2D eigenvalue weighted by atomic mass is 15.3. The van der Waals surface area contributed by atoms with Crippen LogP contribution in [-0.4, -0.2) is 9.78 Å². The van der Waals surface area contributed by atoms with E-state index in [1.165, 1.54) is 18.4 Å². The zero-order valence-electron chi connectivity index (χ0n) is 7.83. The largest absolute Gasteiger partial charge is 0.269 e. The van der Waals surface area contributed by atoms with E-state index in [0.717, 1.165) is 18.4 Å². The molecule has 12 heavy (non-hydrogen) atoms. The van der Waals surface area contributed by atoms with Crippen molar-refractivity contribution in [2.24, 2.45) is 5.92 Å². The molecule has 1 saturated carbocycles. The lowest BCUT2D eigenvalue weighted by atomic mass is 10.1. The van der Waals surface area contributed by atoms with Crippen LogP contribution in [0.4, 0.5) is 0 Å². The van der Waals surface area contributed by atoms with Gasteiger partial charge in [0.2, 0.25) is 0 Å². The second kappa shape index (κ2) is 2.92. The van der Waals surface area contributed by atoms with E-state index >= 15 is 0 Å². The van der Waals surface area contributed by atoms with Crippen molar-refractivity contribution >= 4 is 0 Å². The van der Waals surface area contributed by atoms with Gasteiger partial charge in [-0.1, -0.05) is 13.8 Å². The van der Waals surface area contributed by atoms with E-state index in [4.69, 9.17) is 0 Å². The molecule has 1 fully saturated rings. The van der Waals surface area contributed by atoms with E-state index in [-0.39, 0.29) is 0 Å². The minimum Gasteiger partial charge on any atom is -0.269 e. The lowest BCUT2D eigenvalue weighted by molar-refractivity contribution is 0.631. The number of hydrogen-bond acceptors (Lipinski definition) is 1. The molecule has 2 nitrogen and oxygen atoms in total. The van der Waals surface area contributed by atoms with Gasteiger partial charge in [0.1, 0.15) is 0 Å². The minimum atomic E-state index is 0.728. The van der Waals surface area contributed by atoms with Gasteiger partial charge < -0.3 is 0 Å². The Hall–Kier alpha value is -0.790. The molecule has 1 aromatic heterocycles. The lowest BCUT2D eigenvalue weighted by Crippen LogP contribution is -1.94. The van der Waals surface area contributed by atoms with Crippen LogP contribution in [0.25, 0.3) is 0 Å². The standard InChI is InChI=1S/C10H16N2/c1-8(2)5-9-6-11-12(7-9)10-3-4-10/h6-8,10H,3-5H2,1-2H3. The molecule has 0 saturated heterocycles. The van der Waals surface area contributed by atoms with Crippen molar-refractivity contribution in [2.75, 3.05) is 0 Å². The van der Waals surface area contributed by atoms with Crippen molar-refractivity contribution in [3.05, 3.63) is 18.0 Å². The molecule has 0 spiro atoms. The van der Waals surface area contributed by atoms with Gasteiger partial charge >= 0.3 is 0 Å². The lowest BCUT2D eigenvalue weighted by Gasteiger charge is -1.99. The monoisotopic (exact) mass is 164 g/mol. The Morgan fingerprint density at radius 2 is 2.33 bits per heavy atom. The van der Waals surface area contributed by atoms with E-state index in [1.54, 1.807) is 0 Å². The Morgan fingerprint density at radius 3 is 2.92 bits per heavy atom. The Kier molecular flexibility index (Phi) is 1.91.